The minimum Gasteiger partial charge on any atom is -0.370 e. The summed E-state index contributed by atoms with van der Waals surface area (Å²) in [6, 6.07) is 8.76. The maximum atomic E-state index is 13.1. The summed E-state index contributed by atoms with van der Waals surface area (Å²) in [5.74, 6) is 2.44. The number of benzene rings is 1. The predicted octanol–water partition coefficient (Wildman–Crippen LogP) is 2.61. The SMILES string of the molecule is Cc1nc(NCCCN(C)C)cc(N2CCN(c3ccc(F)cc3)CC2)n1. The van der Waals surface area contributed by atoms with Crippen LogP contribution in [0, 0.1) is 12.7 Å². The highest BCUT2D eigenvalue weighted by Crippen LogP contribution is 2.21. The predicted molar refractivity (Wildman–Crippen MR) is 109 cm³/mol. The van der Waals surface area contributed by atoms with Crippen molar-refractivity contribution in [2.24, 2.45) is 0 Å². The molecule has 0 saturated carbocycles. The molecular weight excluding hydrogens is 343 g/mol. The van der Waals surface area contributed by atoms with Gasteiger partial charge in [-0.15, -0.1) is 0 Å². The van der Waals surface area contributed by atoms with Crippen molar-refractivity contribution in [3.8, 4) is 0 Å². The lowest BCUT2D eigenvalue weighted by atomic mass is 10.2. The van der Waals surface area contributed by atoms with Gasteiger partial charge in [0, 0.05) is 44.5 Å². The molecule has 27 heavy (non-hydrogen) atoms. The zero-order valence-electron chi connectivity index (χ0n) is 16.5. The summed E-state index contributed by atoms with van der Waals surface area (Å²) in [4.78, 5) is 15.9. The van der Waals surface area contributed by atoms with E-state index in [1.54, 1.807) is 0 Å². The van der Waals surface area contributed by atoms with E-state index >= 15 is 0 Å². The van der Waals surface area contributed by atoms with Crippen LogP contribution in [0.1, 0.15) is 12.2 Å². The second-order valence-electron chi connectivity index (χ2n) is 7.19. The van der Waals surface area contributed by atoms with E-state index < -0.39 is 0 Å². The quantitative estimate of drug-likeness (QED) is 0.754. The molecule has 1 aliphatic heterocycles. The number of hydrogen-bond acceptors (Lipinski definition) is 6. The highest BCUT2D eigenvalue weighted by atomic mass is 19.1. The average Bonchev–Trinajstić information content (AvgIpc) is 2.65. The molecule has 0 radical (unpaired) electrons. The Morgan fingerprint density at radius 2 is 1.70 bits per heavy atom. The van der Waals surface area contributed by atoms with Crippen molar-refractivity contribution in [1.82, 2.24) is 14.9 Å². The standard InChI is InChI=1S/C20H29FN6/c1-16-23-19(22-9-4-10-25(2)3)15-20(24-16)27-13-11-26(12-14-27)18-7-5-17(21)6-8-18/h5-8,15H,4,9-14H2,1-3H3,(H,22,23,24). The van der Waals surface area contributed by atoms with Gasteiger partial charge in [0.15, 0.2) is 0 Å². The monoisotopic (exact) mass is 372 g/mol. The Kier molecular flexibility index (Phi) is 6.45. The first-order valence-electron chi connectivity index (χ1n) is 9.51. The first-order valence-corrected chi connectivity index (χ1v) is 9.51. The highest BCUT2D eigenvalue weighted by molar-refractivity contribution is 5.52. The Bertz CT molecular complexity index is 726. The summed E-state index contributed by atoms with van der Waals surface area (Å²) in [6.07, 6.45) is 1.07. The molecular formula is C20H29FN6. The molecule has 1 aliphatic rings. The molecule has 0 atom stereocenters. The molecule has 0 amide bonds. The van der Waals surface area contributed by atoms with Crippen molar-refractivity contribution in [2.45, 2.75) is 13.3 Å². The second kappa shape index (κ2) is 8.99. The van der Waals surface area contributed by atoms with Crippen LogP contribution in [-0.2, 0) is 0 Å². The van der Waals surface area contributed by atoms with Crippen molar-refractivity contribution in [2.75, 3.05) is 68.5 Å². The van der Waals surface area contributed by atoms with E-state index in [0.717, 1.165) is 68.8 Å². The van der Waals surface area contributed by atoms with Gasteiger partial charge in [0.25, 0.3) is 0 Å². The van der Waals surface area contributed by atoms with Crippen LogP contribution in [0.2, 0.25) is 0 Å². The van der Waals surface area contributed by atoms with Gasteiger partial charge in [0.2, 0.25) is 0 Å². The fraction of sp³-hybridized carbons (Fsp3) is 0.500. The molecule has 1 saturated heterocycles. The van der Waals surface area contributed by atoms with Gasteiger partial charge in [0.1, 0.15) is 23.3 Å². The minimum absolute atomic E-state index is 0.195. The molecule has 7 heteroatoms. The van der Waals surface area contributed by atoms with Gasteiger partial charge >= 0.3 is 0 Å². The number of hydrogen-bond donors (Lipinski definition) is 1. The number of halogens is 1. The lowest BCUT2D eigenvalue weighted by Crippen LogP contribution is -2.46. The van der Waals surface area contributed by atoms with E-state index in [4.69, 9.17) is 0 Å². The van der Waals surface area contributed by atoms with Crippen LogP contribution >= 0.6 is 0 Å². The van der Waals surface area contributed by atoms with Crippen LogP contribution in [0.5, 0.6) is 0 Å². The minimum atomic E-state index is -0.195. The number of piperazine rings is 1. The van der Waals surface area contributed by atoms with E-state index in [2.05, 4.69) is 44.1 Å². The first-order chi connectivity index (χ1) is 13.0. The Hall–Kier alpha value is -2.41. The molecule has 6 nitrogen and oxygen atoms in total. The summed E-state index contributed by atoms with van der Waals surface area (Å²) in [5, 5.41) is 3.41. The van der Waals surface area contributed by atoms with Gasteiger partial charge < -0.3 is 20.0 Å². The Balaban J connectivity index is 1.57. The smallest absolute Gasteiger partial charge is 0.134 e. The van der Waals surface area contributed by atoms with Crippen molar-refractivity contribution in [3.63, 3.8) is 0 Å². The second-order valence-corrected chi connectivity index (χ2v) is 7.19. The highest BCUT2D eigenvalue weighted by Gasteiger charge is 2.19. The summed E-state index contributed by atoms with van der Waals surface area (Å²) in [5.41, 5.74) is 1.07. The van der Waals surface area contributed by atoms with Crippen molar-refractivity contribution in [3.05, 3.63) is 42.0 Å². The fourth-order valence-corrected chi connectivity index (χ4v) is 3.26. The third kappa shape index (κ3) is 5.53. The number of nitrogens with zero attached hydrogens (tertiary/aromatic N) is 5. The van der Waals surface area contributed by atoms with E-state index in [-0.39, 0.29) is 5.82 Å². The van der Waals surface area contributed by atoms with E-state index in [1.807, 2.05) is 25.1 Å². The molecule has 2 aromatic rings. The molecule has 0 bridgehead atoms. The molecule has 1 aromatic heterocycles. The lowest BCUT2D eigenvalue weighted by molar-refractivity contribution is 0.405. The Labute approximate surface area is 161 Å². The average molecular weight is 372 g/mol. The third-order valence-corrected chi connectivity index (χ3v) is 4.71. The van der Waals surface area contributed by atoms with Crippen molar-refractivity contribution >= 4 is 17.3 Å². The third-order valence-electron chi connectivity index (χ3n) is 4.71. The van der Waals surface area contributed by atoms with Crippen molar-refractivity contribution < 1.29 is 4.39 Å². The normalized spacial score (nSPS) is 14.7. The zero-order chi connectivity index (χ0) is 19.2. The van der Waals surface area contributed by atoms with Crippen LogP contribution in [0.15, 0.2) is 30.3 Å². The van der Waals surface area contributed by atoms with Crippen molar-refractivity contribution in [1.29, 1.82) is 0 Å². The molecule has 1 aromatic carbocycles. The number of rotatable bonds is 7. The van der Waals surface area contributed by atoms with Gasteiger partial charge in [-0.3, -0.25) is 0 Å². The number of aromatic nitrogens is 2. The summed E-state index contributed by atoms with van der Waals surface area (Å²) >= 11 is 0. The van der Waals surface area contributed by atoms with Crippen LogP contribution in [-0.4, -0.2) is 68.2 Å². The maximum Gasteiger partial charge on any atom is 0.134 e. The maximum absolute atomic E-state index is 13.1. The van der Waals surface area contributed by atoms with Crippen LogP contribution < -0.4 is 15.1 Å². The van der Waals surface area contributed by atoms with Gasteiger partial charge in [0.05, 0.1) is 0 Å². The fourth-order valence-electron chi connectivity index (χ4n) is 3.26. The number of anilines is 3. The topological polar surface area (TPSA) is 47.5 Å². The molecule has 2 heterocycles. The lowest BCUT2D eigenvalue weighted by Gasteiger charge is -2.36. The molecule has 1 N–H and O–H groups in total. The number of aryl methyl sites for hydroxylation is 1. The van der Waals surface area contributed by atoms with E-state index in [9.17, 15) is 4.39 Å². The van der Waals surface area contributed by atoms with E-state index in [0.29, 0.717) is 0 Å². The van der Waals surface area contributed by atoms with Gasteiger partial charge in [-0.25, -0.2) is 14.4 Å². The van der Waals surface area contributed by atoms with Gasteiger partial charge in [-0.05, 0) is 58.3 Å². The molecule has 3 rings (SSSR count). The van der Waals surface area contributed by atoms with Gasteiger partial charge in [-0.1, -0.05) is 0 Å². The Morgan fingerprint density at radius 3 is 2.37 bits per heavy atom. The van der Waals surface area contributed by atoms with Gasteiger partial charge in [-0.2, -0.15) is 0 Å². The molecule has 0 unspecified atom stereocenters. The molecule has 0 spiro atoms. The zero-order valence-corrected chi connectivity index (χ0v) is 16.5. The van der Waals surface area contributed by atoms with Crippen LogP contribution in [0.3, 0.4) is 0 Å². The summed E-state index contributed by atoms with van der Waals surface area (Å²) < 4.78 is 13.1. The first kappa shape index (κ1) is 19.4. The molecule has 0 aliphatic carbocycles. The van der Waals surface area contributed by atoms with E-state index in [1.165, 1.54) is 12.1 Å². The largest absolute Gasteiger partial charge is 0.370 e. The van der Waals surface area contributed by atoms with Crippen LogP contribution in [0.25, 0.3) is 0 Å². The van der Waals surface area contributed by atoms with Crippen LogP contribution in [0.4, 0.5) is 21.7 Å². The summed E-state index contributed by atoms with van der Waals surface area (Å²) in [7, 11) is 4.16. The Morgan fingerprint density at radius 1 is 1.04 bits per heavy atom. The summed E-state index contributed by atoms with van der Waals surface area (Å²) in [6.45, 7) is 7.42. The molecule has 146 valence electrons. The molecule has 1 fully saturated rings. The number of nitrogens with one attached hydrogen (secondary N) is 1.